The van der Waals surface area contributed by atoms with Gasteiger partial charge in [-0.2, -0.15) is 0 Å². The van der Waals surface area contributed by atoms with E-state index in [0.29, 0.717) is 0 Å². The molecule has 0 heterocycles. The summed E-state index contributed by atoms with van der Waals surface area (Å²) in [5.41, 5.74) is 0. The molecule has 6 heteroatoms. The minimum Gasteiger partial charge on any atom is -0.303 e. The monoisotopic (exact) mass is 517 g/mol. The summed E-state index contributed by atoms with van der Waals surface area (Å²) in [7, 11) is -3.95. The van der Waals surface area contributed by atoms with Gasteiger partial charge in [0.15, 0.2) is 0 Å². The van der Waals surface area contributed by atoms with Gasteiger partial charge in [0, 0.05) is 0 Å². The van der Waals surface area contributed by atoms with Gasteiger partial charge >= 0.3 is 7.82 Å². The number of hydrogen-bond donors (Lipinski definition) is 1. The fourth-order valence-electron chi connectivity index (χ4n) is 4.23. The molecule has 0 fully saturated rings. The lowest BCUT2D eigenvalue weighted by Crippen LogP contribution is -2.27. The van der Waals surface area contributed by atoms with Crippen molar-refractivity contribution >= 4 is 7.82 Å². The summed E-state index contributed by atoms with van der Waals surface area (Å²) >= 11 is 0. The molecule has 0 aromatic rings. The van der Waals surface area contributed by atoms with Crippen LogP contribution in [0.5, 0.6) is 0 Å². The van der Waals surface area contributed by atoms with Crippen LogP contribution in [-0.2, 0) is 13.6 Å². The van der Waals surface area contributed by atoms with E-state index < -0.39 is 7.82 Å². The Balaban J connectivity index is 4.03. The van der Waals surface area contributed by atoms with E-state index in [4.69, 9.17) is 9.05 Å². The Morgan fingerprint density at radius 1 is 0.600 bits per heavy atom. The van der Waals surface area contributed by atoms with E-state index in [2.05, 4.69) is 25.7 Å². The summed E-state index contributed by atoms with van der Waals surface area (Å²) in [5.74, 6) is 0. The molecule has 0 rings (SSSR count). The Morgan fingerprint density at radius 3 is 1.60 bits per heavy atom. The van der Waals surface area contributed by atoms with Crippen molar-refractivity contribution in [3.8, 4) is 0 Å². The minimum absolute atomic E-state index is 0.131. The van der Waals surface area contributed by atoms with Crippen LogP contribution < -0.4 is 0 Å². The molecule has 1 atom stereocenters. The van der Waals surface area contributed by atoms with Crippen LogP contribution in [0.15, 0.2) is 12.2 Å². The third-order valence-corrected chi connectivity index (χ3v) is 7.49. The Labute approximate surface area is 219 Å². The highest BCUT2D eigenvalue weighted by Crippen LogP contribution is 2.43. The number of nitrogens with zero attached hydrogens (tertiary/aromatic N) is 1. The molecular weight excluding hydrogens is 457 g/mol. The molecule has 0 amide bonds. The van der Waals surface area contributed by atoms with Crippen LogP contribution in [0.3, 0.4) is 0 Å². The van der Waals surface area contributed by atoms with Crippen molar-refractivity contribution in [3.05, 3.63) is 12.2 Å². The highest BCUT2D eigenvalue weighted by atomic mass is 31.2. The van der Waals surface area contributed by atoms with E-state index in [1.807, 2.05) is 12.2 Å². The molecule has 0 saturated carbocycles. The molecule has 0 saturated heterocycles. The molecule has 0 aliphatic carbocycles. The number of unbranched alkanes of at least 4 members (excludes halogenated alkanes) is 15. The fourth-order valence-corrected chi connectivity index (χ4v) is 4.94. The van der Waals surface area contributed by atoms with Gasteiger partial charge in [0.25, 0.3) is 0 Å². The van der Waals surface area contributed by atoms with Crippen molar-refractivity contribution in [1.29, 1.82) is 0 Å². The summed E-state index contributed by atoms with van der Waals surface area (Å²) in [6, 6.07) is 0. The van der Waals surface area contributed by atoms with Crippen LogP contribution in [0.2, 0.25) is 0 Å². The zero-order valence-electron chi connectivity index (χ0n) is 23.7. The number of hydrogen-bond acceptors (Lipinski definition) is 4. The SMILES string of the molecule is CCCCCC/C=C\COP(=O)(O)OCCCCN(CCCCCCCC)CCCCCCCC. The molecule has 0 spiro atoms. The third-order valence-electron chi connectivity index (χ3n) is 6.50. The molecule has 210 valence electrons. The smallest absolute Gasteiger partial charge is 0.303 e. The second-order valence-corrected chi connectivity index (χ2v) is 11.5. The zero-order valence-corrected chi connectivity index (χ0v) is 24.6. The van der Waals surface area contributed by atoms with Gasteiger partial charge in [0.2, 0.25) is 0 Å². The summed E-state index contributed by atoms with van der Waals surface area (Å²) in [6.07, 6.45) is 27.5. The maximum Gasteiger partial charge on any atom is 0.472 e. The predicted octanol–water partition coefficient (Wildman–Crippen LogP) is 9.45. The van der Waals surface area contributed by atoms with E-state index >= 15 is 0 Å². The second kappa shape index (κ2) is 26.9. The van der Waals surface area contributed by atoms with E-state index in [9.17, 15) is 9.46 Å². The van der Waals surface area contributed by atoms with E-state index in [-0.39, 0.29) is 13.2 Å². The van der Waals surface area contributed by atoms with Gasteiger partial charge in [-0.25, -0.2) is 4.57 Å². The summed E-state index contributed by atoms with van der Waals surface area (Å²) in [6.45, 7) is 10.5. The average Bonchev–Trinajstić information content (AvgIpc) is 2.84. The van der Waals surface area contributed by atoms with E-state index in [1.165, 1.54) is 109 Å². The van der Waals surface area contributed by atoms with E-state index in [0.717, 1.165) is 32.2 Å². The van der Waals surface area contributed by atoms with Gasteiger partial charge in [0.1, 0.15) is 0 Å². The maximum absolute atomic E-state index is 12.1. The molecule has 0 aliphatic heterocycles. The lowest BCUT2D eigenvalue weighted by molar-refractivity contribution is 0.155. The molecule has 0 bridgehead atoms. The highest BCUT2D eigenvalue weighted by molar-refractivity contribution is 7.47. The van der Waals surface area contributed by atoms with Crippen molar-refractivity contribution in [2.45, 2.75) is 143 Å². The number of phosphoric ester groups is 1. The molecule has 1 unspecified atom stereocenters. The normalized spacial score (nSPS) is 13.7. The molecule has 35 heavy (non-hydrogen) atoms. The molecule has 0 aliphatic rings. The van der Waals surface area contributed by atoms with Gasteiger partial charge in [0.05, 0.1) is 13.2 Å². The minimum atomic E-state index is -3.95. The fraction of sp³-hybridized carbons (Fsp3) is 0.931. The van der Waals surface area contributed by atoms with Crippen LogP contribution >= 0.6 is 7.82 Å². The Kier molecular flexibility index (Phi) is 26.7. The van der Waals surface area contributed by atoms with Crippen molar-refractivity contribution in [2.24, 2.45) is 0 Å². The molecule has 5 nitrogen and oxygen atoms in total. The summed E-state index contributed by atoms with van der Waals surface area (Å²) in [4.78, 5) is 12.5. The lowest BCUT2D eigenvalue weighted by Gasteiger charge is -2.22. The first-order valence-corrected chi connectivity index (χ1v) is 16.5. The number of phosphoric acid groups is 1. The average molecular weight is 518 g/mol. The maximum atomic E-state index is 12.1. The van der Waals surface area contributed by atoms with Crippen LogP contribution in [0.25, 0.3) is 0 Å². The standard InChI is InChI=1S/C29H60NO4P/c1-4-7-10-13-16-19-23-28-33-35(31,32)34-29-24-22-27-30(25-20-17-14-11-8-5-2)26-21-18-15-12-9-6-3/h19,23H,4-18,20-22,24-29H2,1-3H3,(H,31,32)/b23-19-. The largest absolute Gasteiger partial charge is 0.472 e. The molecule has 0 radical (unpaired) electrons. The van der Waals surface area contributed by atoms with Gasteiger partial charge in [-0.1, -0.05) is 116 Å². The van der Waals surface area contributed by atoms with Gasteiger partial charge < -0.3 is 9.79 Å². The molecule has 1 N–H and O–H groups in total. The van der Waals surface area contributed by atoms with Gasteiger partial charge in [-0.15, -0.1) is 0 Å². The highest BCUT2D eigenvalue weighted by Gasteiger charge is 2.19. The van der Waals surface area contributed by atoms with Crippen molar-refractivity contribution in [1.82, 2.24) is 4.90 Å². The molecule has 0 aromatic carbocycles. The van der Waals surface area contributed by atoms with E-state index in [1.54, 1.807) is 0 Å². The third kappa shape index (κ3) is 26.7. The first-order chi connectivity index (χ1) is 17.1. The first kappa shape index (κ1) is 34.8. The van der Waals surface area contributed by atoms with Crippen molar-refractivity contribution in [2.75, 3.05) is 32.8 Å². The van der Waals surface area contributed by atoms with Crippen molar-refractivity contribution < 1.29 is 18.5 Å². The summed E-state index contributed by atoms with van der Waals surface area (Å²) in [5, 5.41) is 0. The van der Waals surface area contributed by atoms with Gasteiger partial charge in [-0.05, 0) is 58.2 Å². The number of allylic oxidation sites excluding steroid dienone is 1. The quantitative estimate of drug-likeness (QED) is 0.0636. The second-order valence-electron chi connectivity index (χ2n) is 10.0. The predicted molar refractivity (Wildman–Crippen MR) is 152 cm³/mol. The van der Waals surface area contributed by atoms with Crippen LogP contribution in [0, 0.1) is 0 Å². The first-order valence-electron chi connectivity index (χ1n) is 15.0. The molecular formula is C29H60NO4P. The summed E-state index contributed by atoms with van der Waals surface area (Å²) < 4.78 is 22.3. The lowest BCUT2D eigenvalue weighted by atomic mass is 10.1. The van der Waals surface area contributed by atoms with Crippen LogP contribution in [0.1, 0.15) is 143 Å². The van der Waals surface area contributed by atoms with Crippen LogP contribution in [-0.4, -0.2) is 42.6 Å². The van der Waals surface area contributed by atoms with Crippen LogP contribution in [0.4, 0.5) is 0 Å². The Bertz CT molecular complexity index is 485. The Morgan fingerprint density at radius 2 is 1.06 bits per heavy atom. The van der Waals surface area contributed by atoms with Gasteiger partial charge in [-0.3, -0.25) is 9.05 Å². The number of rotatable bonds is 28. The topological polar surface area (TPSA) is 59.0 Å². The molecule has 0 aromatic heterocycles. The Hall–Kier alpha value is -0.190. The zero-order chi connectivity index (χ0) is 25.9. The van der Waals surface area contributed by atoms with Crippen molar-refractivity contribution in [3.63, 3.8) is 0 Å².